The lowest BCUT2D eigenvalue weighted by molar-refractivity contribution is -0.384. The predicted molar refractivity (Wildman–Crippen MR) is 84.5 cm³/mol. The number of nitrogens with one attached hydrogen (secondary N) is 1. The van der Waals surface area contributed by atoms with Crippen molar-refractivity contribution in [3.05, 3.63) is 75.8 Å². The van der Waals surface area contributed by atoms with Gasteiger partial charge in [0.15, 0.2) is 0 Å². The number of rotatable bonds is 5. The molecule has 1 amide bonds. The zero-order chi connectivity index (χ0) is 16.1. The maximum atomic E-state index is 12.3. The van der Waals surface area contributed by atoms with Crippen LogP contribution < -0.4 is 5.32 Å². The van der Waals surface area contributed by atoms with E-state index in [0.29, 0.717) is 0 Å². The number of non-ortho nitro benzene ring substituents is 1. The van der Waals surface area contributed by atoms with Gasteiger partial charge in [-0.1, -0.05) is 42.5 Å². The van der Waals surface area contributed by atoms with Crippen molar-refractivity contribution in [3.8, 4) is 0 Å². The molecule has 2 aromatic carbocycles. The molecule has 0 radical (unpaired) electrons. The molecule has 5 nitrogen and oxygen atoms in total. The first-order valence-electron chi connectivity index (χ1n) is 7.08. The van der Waals surface area contributed by atoms with E-state index in [1.807, 2.05) is 37.3 Å². The first kappa shape index (κ1) is 15.7. The first-order chi connectivity index (χ1) is 10.5. The number of nitro benzene ring substituents is 1. The van der Waals surface area contributed by atoms with E-state index in [2.05, 4.69) is 5.32 Å². The zero-order valence-corrected chi connectivity index (χ0v) is 12.5. The molecule has 0 aliphatic rings. The van der Waals surface area contributed by atoms with Gasteiger partial charge < -0.3 is 5.32 Å². The van der Waals surface area contributed by atoms with E-state index in [9.17, 15) is 14.9 Å². The van der Waals surface area contributed by atoms with Crippen LogP contribution in [0, 0.1) is 10.1 Å². The number of amides is 1. The Morgan fingerprint density at radius 2 is 1.59 bits per heavy atom. The predicted octanol–water partition coefficient (Wildman–Crippen LogP) is 3.58. The van der Waals surface area contributed by atoms with Crippen molar-refractivity contribution in [2.24, 2.45) is 0 Å². The molecule has 0 saturated heterocycles. The third kappa shape index (κ3) is 3.69. The van der Waals surface area contributed by atoms with Crippen molar-refractivity contribution in [1.82, 2.24) is 5.32 Å². The van der Waals surface area contributed by atoms with Crippen molar-refractivity contribution in [2.75, 3.05) is 0 Å². The van der Waals surface area contributed by atoms with Crippen LogP contribution in [-0.2, 0) is 4.79 Å². The van der Waals surface area contributed by atoms with E-state index < -0.39 is 4.92 Å². The minimum absolute atomic E-state index is 0.0222. The van der Waals surface area contributed by atoms with Crippen LogP contribution in [0.25, 0.3) is 0 Å². The van der Waals surface area contributed by atoms with Crippen LogP contribution in [0.15, 0.2) is 54.6 Å². The average molecular weight is 298 g/mol. The molecule has 2 rings (SSSR count). The van der Waals surface area contributed by atoms with E-state index >= 15 is 0 Å². The SMILES string of the molecule is C[C@H](NC(=O)[C@@H](C)c1ccc([N+](=O)[O-])cc1)c1ccccc1. The van der Waals surface area contributed by atoms with Gasteiger partial charge in [0.05, 0.1) is 16.9 Å². The summed E-state index contributed by atoms with van der Waals surface area (Å²) in [6.07, 6.45) is 0. The van der Waals surface area contributed by atoms with Crippen LogP contribution in [0.1, 0.15) is 36.9 Å². The van der Waals surface area contributed by atoms with E-state index in [0.717, 1.165) is 11.1 Å². The Bertz CT molecular complexity index is 653. The third-order valence-corrected chi connectivity index (χ3v) is 3.66. The molecular weight excluding hydrogens is 280 g/mol. The van der Waals surface area contributed by atoms with Crippen molar-refractivity contribution in [2.45, 2.75) is 25.8 Å². The highest BCUT2D eigenvalue weighted by molar-refractivity contribution is 5.83. The number of nitro groups is 1. The summed E-state index contributed by atoms with van der Waals surface area (Å²) < 4.78 is 0. The van der Waals surface area contributed by atoms with Gasteiger partial charge in [0.1, 0.15) is 0 Å². The highest BCUT2D eigenvalue weighted by Gasteiger charge is 2.18. The fraction of sp³-hybridized carbons (Fsp3) is 0.235. The third-order valence-electron chi connectivity index (χ3n) is 3.66. The molecule has 0 saturated carbocycles. The standard InChI is InChI=1S/C17H18N2O3/c1-12(14-8-10-16(11-9-14)19(21)22)17(20)18-13(2)15-6-4-3-5-7-15/h3-13H,1-2H3,(H,18,20)/t12-,13-/m0/s1. The number of carbonyl (C=O) groups excluding carboxylic acids is 1. The Morgan fingerprint density at radius 1 is 1.00 bits per heavy atom. The summed E-state index contributed by atoms with van der Waals surface area (Å²) in [6, 6.07) is 15.7. The molecule has 0 aliphatic heterocycles. The zero-order valence-electron chi connectivity index (χ0n) is 12.5. The maximum Gasteiger partial charge on any atom is 0.269 e. The van der Waals surface area contributed by atoms with Crippen molar-refractivity contribution in [3.63, 3.8) is 0 Å². The molecule has 0 fully saturated rings. The number of benzene rings is 2. The lowest BCUT2D eigenvalue weighted by Crippen LogP contribution is -2.30. The first-order valence-corrected chi connectivity index (χ1v) is 7.08. The Balaban J connectivity index is 2.04. The fourth-order valence-corrected chi connectivity index (χ4v) is 2.20. The van der Waals surface area contributed by atoms with Crippen LogP contribution >= 0.6 is 0 Å². The van der Waals surface area contributed by atoms with Crippen LogP contribution in [-0.4, -0.2) is 10.8 Å². The summed E-state index contributed by atoms with van der Waals surface area (Å²) in [7, 11) is 0. The van der Waals surface area contributed by atoms with Gasteiger partial charge in [-0.2, -0.15) is 0 Å². The van der Waals surface area contributed by atoms with E-state index in [4.69, 9.17) is 0 Å². The number of hydrogen-bond donors (Lipinski definition) is 1. The van der Waals surface area contributed by atoms with Gasteiger partial charge in [0.2, 0.25) is 5.91 Å². The molecular formula is C17H18N2O3. The molecule has 0 spiro atoms. The topological polar surface area (TPSA) is 72.2 Å². The molecule has 0 aromatic heterocycles. The van der Waals surface area contributed by atoms with Gasteiger partial charge >= 0.3 is 0 Å². The second-order valence-electron chi connectivity index (χ2n) is 5.21. The van der Waals surface area contributed by atoms with E-state index in [-0.39, 0.29) is 23.6 Å². The van der Waals surface area contributed by atoms with Crippen LogP contribution in [0.4, 0.5) is 5.69 Å². The minimum Gasteiger partial charge on any atom is -0.349 e. The molecule has 0 aliphatic carbocycles. The highest BCUT2D eigenvalue weighted by Crippen LogP contribution is 2.21. The van der Waals surface area contributed by atoms with E-state index in [1.54, 1.807) is 19.1 Å². The second kappa shape index (κ2) is 6.85. The van der Waals surface area contributed by atoms with Gasteiger partial charge in [-0.3, -0.25) is 14.9 Å². The Hall–Kier alpha value is -2.69. The van der Waals surface area contributed by atoms with Gasteiger partial charge in [-0.05, 0) is 25.0 Å². The van der Waals surface area contributed by atoms with Crippen LogP contribution in [0.2, 0.25) is 0 Å². The molecule has 114 valence electrons. The summed E-state index contributed by atoms with van der Waals surface area (Å²) >= 11 is 0. The summed E-state index contributed by atoms with van der Waals surface area (Å²) in [4.78, 5) is 22.5. The van der Waals surface area contributed by atoms with Crippen molar-refractivity contribution in [1.29, 1.82) is 0 Å². The fourth-order valence-electron chi connectivity index (χ4n) is 2.20. The van der Waals surface area contributed by atoms with Crippen molar-refractivity contribution < 1.29 is 9.72 Å². The molecule has 22 heavy (non-hydrogen) atoms. The highest BCUT2D eigenvalue weighted by atomic mass is 16.6. The van der Waals surface area contributed by atoms with Gasteiger partial charge in [-0.15, -0.1) is 0 Å². The Kier molecular flexibility index (Phi) is 4.88. The van der Waals surface area contributed by atoms with Gasteiger partial charge in [0, 0.05) is 12.1 Å². The Morgan fingerprint density at radius 3 is 2.14 bits per heavy atom. The molecule has 5 heteroatoms. The second-order valence-corrected chi connectivity index (χ2v) is 5.21. The van der Waals surface area contributed by atoms with E-state index in [1.165, 1.54) is 12.1 Å². The molecule has 0 heterocycles. The molecule has 1 N–H and O–H groups in total. The summed E-state index contributed by atoms with van der Waals surface area (Å²) in [5.74, 6) is -0.475. The Labute approximate surface area is 129 Å². The molecule has 2 atom stereocenters. The number of nitrogens with zero attached hydrogens (tertiary/aromatic N) is 1. The van der Waals surface area contributed by atoms with Crippen molar-refractivity contribution >= 4 is 11.6 Å². The quantitative estimate of drug-likeness (QED) is 0.677. The summed E-state index contributed by atoms with van der Waals surface area (Å²) in [6.45, 7) is 3.71. The lowest BCUT2D eigenvalue weighted by atomic mass is 9.99. The maximum absolute atomic E-state index is 12.3. The van der Waals surface area contributed by atoms with Gasteiger partial charge in [-0.25, -0.2) is 0 Å². The average Bonchev–Trinajstić information content (AvgIpc) is 2.55. The monoisotopic (exact) mass is 298 g/mol. The number of carbonyl (C=O) groups is 1. The van der Waals surface area contributed by atoms with Crippen LogP contribution in [0.5, 0.6) is 0 Å². The smallest absolute Gasteiger partial charge is 0.269 e. The molecule has 0 bridgehead atoms. The molecule has 0 unspecified atom stereocenters. The largest absolute Gasteiger partial charge is 0.349 e. The van der Waals surface area contributed by atoms with Gasteiger partial charge in [0.25, 0.3) is 5.69 Å². The lowest BCUT2D eigenvalue weighted by Gasteiger charge is -2.18. The summed E-state index contributed by atoms with van der Waals surface area (Å²) in [5.41, 5.74) is 1.81. The minimum atomic E-state index is -0.452. The summed E-state index contributed by atoms with van der Waals surface area (Å²) in [5, 5.41) is 13.6. The molecule has 2 aromatic rings. The normalized spacial score (nSPS) is 13.2. The van der Waals surface area contributed by atoms with Crippen LogP contribution in [0.3, 0.4) is 0 Å². The number of hydrogen-bond acceptors (Lipinski definition) is 3.